The number of carbonyl (C=O) groups is 2. The molecule has 1 atom stereocenters. The third-order valence-electron chi connectivity index (χ3n) is 5.70. The van der Waals surface area contributed by atoms with E-state index in [1.54, 1.807) is 50.3 Å². The molecule has 3 rings (SSSR count). The Morgan fingerprint density at radius 2 is 1.63 bits per heavy atom. The maximum Gasteiger partial charge on any atom is 0.355 e. The van der Waals surface area contributed by atoms with E-state index < -0.39 is 17.9 Å². The van der Waals surface area contributed by atoms with Crippen molar-refractivity contribution in [3.63, 3.8) is 0 Å². The number of hydrogen-bond acceptors (Lipinski definition) is 8. The van der Waals surface area contributed by atoms with Crippen molar-refractivity contribution in [2.75, 3.05) is 19.1 Å². The van der Waals surface area contributed by atoms with Gasteiger partial charge in [-0.3, -0.25) is 4.90 Å². The summed E-state index contributed by atoms with van der Waals surface area (Å²) in [6, 6.07) is 16.5. The zero-order valence-electron chi connectivity index (χ0n) is 19.8. The molecule has 0 saturated carbocycles. The largest absolute Gasteiger partial charge is 0.466 e. The second-order valence-electron chi connectivity index (χ2n) is 7.80. The summed E-state index contributed by atoms with van der Waals surface area (Å²) in [5.41, 5.74) is 9.76. The van der Waals surface area contributed by atoms with Crippen LogP contribution in [0.1, 0.15) is 28.2 Å². The van der Waals surface area contributed by atoms with Gasteiger partial charge in [-0.25, -0.2) is 9.59 Å². The zero-order valence-corrected chi connectivity index (χ0v) is 19.8. The second-order valence-corrected chi connectivity index (χ2v) is 7.80. The van der Waals surface area contributed by atoms with Crippen LogP contribution in [0.15, 0.2) is 71.2 Å². The molecule has 1 aliphatic heterocycles. The Morgan fingerprint density at radius 3 is 2.14 bits per heavy atom. The van der Waals surface area contributed by atoms with Crippen LogP contribution in [-0.4, -0.2) is 26.2 Å². The van der Waals surface area contributed by atoms with Gasteiger partial charge >= 0.3 is 11.9 Å². The monoisotopic (exact) mass is 468 g/mol. The van der Waals surface area contributed by atoms with Crippen LogP contribution in [0, 0.1) is 36.5 Å². The first-order valence-corrected chi connectivity index (χ1v) is 10.6. The SMILES string of the molecule is COC(=O)C1=C(C(=O)OC)N(c2c(C)cc(C=CC#N)cc2C)C(N)=C(C#N)C1c1ccccc1. The predicted molar refractivity (Wildman–Crippen MR) is 130 cm³/mol. The minimum absolute atomic E-state index is 0.000855. The summed E-state index contributed by atoms with van der Waals surface area (Å²) in [5, 5.41) is 19.0. The molecule has 2 N–H and O–H groups in total. The number of nitrogens with two attached hydrogens (primary N) is 1. The molecule has 0 spiro atoms. The molecule has 176 valence electrons. The standard InChI is InChI=1S/C27H24N4O4/c1-16-13-18(9-8-12-28)14-17(2)23(16)31-24(27(33)35-4)22(26(32)34-3)21(20(15-29)25(31)30)19-10-6-5-7-11-19/h5-11,13-14,21H,30H2,1-4H3. The number of ether oxygens (including phenoxy) is 2. The summed E-state index contributed by atoms with van der Waals surface area (Å²) in [6.45, 7) is 3.61. The van der Waals surface area contributed by atoms with Gasteiger partial charge in [0.25, 0.3) is 0 Å². The van der Waals surface area contributed by atoms with Crippen molar-refractivity contribution in [1.29, 1.82) is 10.5 Å². The van der Waals surface area contributed by atoms with Crippen LogP contribution in [0.25, 0.3) is 6.08 Å². The van der Waals surface area contributed by atoms with E-state index in [4.69, 9.17) is 20.5 Å². The van der Waals surface area contributed by atoms with Crippen molar-refractivity contribution in [2.24, 2.45) is 5.73 Å². The van der Waals surface area contributed by atoms with Gasteiger partial charge in [0.05, 0.1) is 49.1 Å². The molecule has 0 aromatic heterocycles. The summed E-state index contributed by atoms with van der Waals surface area (Å²) in [5.74, 6) is -2.52. The van der Waals surface area contributed by atoms with E-state index in [9.17, 15) is 14.9 Å². The van der Waals surface area contributed by atoms with Crippen molar-refractivity contribution in [3.8, 4) is 12.1 Å². The molecule has 0 radical (unpaired) electrons. The first-order valence-electron chi connectivity index (χ1n) is 10.6. The fourth-order valence-corrected chi connectivity index (χ4v) is 4.32. The van der Waals surface area contributed by atoms with Crippen LogP contribution in [0.4, 0.5) is 5.69 Å². The topological polar surface area (TPSA) is 129 Å². The van der Waals surface area contributed by atoms with E-state index in [0.717, 1.165) is 5.56 Å². The number of aryl methyl sites for hydroxylation is 2. The molecule has 2 aromatic rings. The summed E-state index contributed by atoms with van der Waals surface area (Å²) in [6.07, 6.45) is 3.01. The van der Waals surface area contributed by atoms with Gasteiger partial charge in [-0.15, -0.1) is 0 Å². The zero-order chi connectivity index (χ0) is 25.7. The molecule has 2 aromatic carbocycles. The minimum Gasteiger partial charge on any atom is -0.466 e. The fraction of sp³-hybridized carbons (Fsp3) is 0.185. The Kier molecular flexibility index (Phi) is 7.38. The van der Waals surface area contributed by atoms with E-state index in [-0.39, 0.29) is 22.7 Å². The number of benzene rings is 2. The maximum atomic E-state index is 13.2. The van der Waals surface area contributed by atoms with E-state index in [0.29, 0.717) is 22.4 Å². The number of nitrogens with zero attached hydrogens (tertiary/aromatic N) is 3. The van der Waals surface area contributed by atoms with Gasteiger partial charge in [-0.1, -0.05) is 30.3 Å². The molecule has 1 aliphatic rings. The molecule has 0 saturated heterocycles. The van der Waals surface area contributed by atoms with E-state index in [1.807, 2.05) is 18.2 Å². The van der Waals surface area contributed by atoms with Gasteiger partial charge in [0.2, 0.25) is 0 Å². The Bertz CT molecular complexity index is 1330. The number of nitriles is 2. The van der Waals surface area contributed by atoms with Crippen molar-refractivity contribution < 1.29 is 19.1 Å². The van der Waals surface area contributed by atoms with Gasteiger partial charge in [0.15, 0.2) is 0 Å². The fourth-order valence-electron chi connectivity index (χ4n) is 4.32. The number of esters is 2. The number of rotatable bonds is 5. The minimum atomic E-state index is -0.933. The molecule has 1 heterocycles. The Hall–Kier alpha value is -4.82. The van der Waals surface area contributed by atoms with Gasteiger partial charge < -0.3 is 15.2 Å². The van der Waals surface area contributed by atoms with Crippen LogP contribution in [0.5, 0.6) is 0 Å². The molecule has 0 bridgehead atoms. The van der Waals surface area contributed by atoms with E-state index in [2.05, 4.69) is 6.07 Å². The average Bonchev–Trinajstić information content (AvgIpc) is 2.86. The average molecular weight is 469 g/mol. The number of methoxy groups -OCH3 is 2. The van der Waals surface area contributed by atoms with Crippen LogP contribution in [-0.2, 0) is 19.1 Å². The first-order chi connectivity index (χ1) is 16.8. The van der Waals surface area contributed by atoms with Gasteiger partial charge in [0, 0.05) is 6.08 Å². The van der Waals surface area contributed by atoms with Crippen LogP contribution >= 0.6 is 0 Å². The summed E-state index contributed by atoms with van der Waals surface area (Å²) in [7, 11) is 2.41. The summed E-state index contributed by atoms with van der Waals surface area (Å²) < 4.78 is 10.1. The lowest BCUT2D eigenvalue weighted by Gasteiger charge is -2.37. The van der Waals surface area contributed by atoms with Gasteiger partial charge in [-0.2, -0.15) is 10.5 Å². The normalized spacial score (nSPS) is 15.6. The molecular formula is C27H24N4O4. The molecule has 8 nitrogen and oxygen atoms in total. The lowest BCUT2D eigenvalue weighted by Crippen LogP contribution is -2.41. The number of anilines is 1. The van der Waals surface area contributed by atoms with Crippen molar-refractivity contribution >= 4 is 23.7 Å². The first kappa shape index (κ1) is 24.8. The lowest BCUT2D eigenvalue weighted by atomic mass is 9.80. The Balaban J connectivity index is 2.43. The number of hydrogen-bond donors (Lipinski definition) is 1. The van der Waals surface area contributed by atoms with Crippen LogP contribution in [0.3, 0.4) is 0 Å². The quantitative estimate of drug-likeness (QED) is 0.519. The Labute approximate surface area is 203 Å². The third kappa shape index (κ3) is 4.50. The van der Waals surface area contributed by atoms with Crippen molar-refractivity contribution in [1.82, 2.24) is 0 Å². The highest BCUT2D eigenvalue weighted by molar-refractivity contribution is 6.06. The summed E-state index contributed by atoms with van der Waals surface area (Å²) >= 11 is 0. The second kappa shape index (κ2) is 10.4. The van der Waals surface area contributed by atoms with E-state index in [1.165, 1.54) is 25.2 Å². The Morgan fingerprint density at radius 1 is 1.03 bits per heavy atom. The van der Waals surface area contributed by atoms with Crippen molar-refractivity contribution in [2.45, 2.75) is 19.8 Å². The van der Waals surface area contributed by atoms with Crippen LogP contribution < -0.4 is 10.6 Å². The molecule has 1 unspecified atom stereocenters. The molecule has 0 amide bonds. The highest BCUT2D eigenvalue weighted by Gasteiger charge is 2.43. The van der Waals surface area contributed by atoms with Gasteiger partial charge in [0.1, 0.15) is 11.5 Å². The molecule has 0 fully saturated rings. The van der Waals surface area contributed by atoms with E-state index >= 15 is 0 Å². The van der Waals surface area contributed by atoms with Crippen molar-refractivity contribution in [3.05, 3.63) is 93.5 Å². The molecule has 0 aliphatic carbocycles. The highest BCUT2D eigenvalue weighted by atomic mass is 16.5. The van der Waals surface area contributed by atoms with Crippen LogP contribution in [0.2, 0.25) is 0 Å². The third-order valence-corrected chi connectivity index (χ3v) is 5.70. The predicted octanol–water partition coefficient (Wildman–Crippen LogP) is 3.74. The number of carbonyl (C=O) groups excluding carboxylic acids is 2. The van der Waals surface area contributed by atoms with Gasteiger partial charge in [-0.05, 0) is 54.3 Å². The summed E-state index contributed by atoms with van der Waals surface area (Å²) in [4.78, 5) is 27.7. The molecule has 35 heavy (non-hydrogen) atoms. The lowest BCUT2D eigenvalue weighted by molar-refractivity contribution is -0.139. The molecule has 8 heteroatoms. The highest BCUT2D eigenvalue weighted by Crippen LogP contribution is 2.44. The number of allylic oxidation sites excluding steroid dienone is 2. The smallest absolute Gasteiger partial charge is 0.355 e. The molecular weight excluding hydrogens is 444 g/mol. The maximum absolute atomic E-state index is 13.2.